The summed E-state index contributed by atoms with van der Waals surface area (Å²) in [6.07, 6.45) is 4.91. The predicted octanol–water partition coefficient (Wildman–Crippen LogP) is 0.168. The lowest BCUT2D eigenvalue weighted by Crippen LogP contribution is -1.98. The van der Waals surface area contributed by atoms with Gasteiger partial charge in [0.15, 0.2) is 11.5 Å². The van der Waals surface area contributed by atoms with E-state index < -0.39 is 0 Å². The van der Waals surface area contributed by atoms with Crippen LogP contribution in [-0.4, -0.2) is 25.8 Å². The van der Waals surface area contributed by atoms with Crippen LogP contribution in [0.1, 0.15) is 12.5 Å². The Morgan fingerprint density at radius 2 is 2.33 bits per heavy atom. The lowest BCUT2D eigenvalue weighted by atomic mass is 10.4. The molecule has 0 unspecified atom stereocenters. The van der Waals surface area contributed by atoms with Crippen molar-refractivity contribution in [3.05, 3.63) is 12.7 Å². The van der Waals surface area contributed by atoms with E-state index in [2.05, 4.69) is 15.0 Å². The van der Waals surface area contributed by atoms with Crippen LogP contribution in [0.3, 0.4) is 0 Å². The molecule has 1 saturated carbocycles. The molecule has 2 aromatic heterocycles. The minimum Gasteiger partial charge on any atom is -0.382 e. The summed E-state index contributed by atoms with van der Waals surface area (Å²) in [5, 5.41) is 0. The zero-order valence-corrected chi connectivity index (χ0v) is 7.87. The largest absolute Gasteiger partial charge is 0.382 e. The number of nitrogen functional groups attached to an aromatic ring is 1. The number of nitrogens with zero attached hydrogens (tertiary/aromatic N) is 4. The predicted molar refractivity (Wildman–Crippen MR) is 52.9 cm³/mol. The van der Waals surface area contributed by atoms with Crippen LogP contribution in [0.15, 0.2) is 12.7 Å². The molecule has 76 valence electrons. The average Bonchev–Trinajstić information content (AvgIpc) is 2.90. The Morgan fingerprint density at radius 1 is 1.47 bits per heavy atom. The lowest BCUT2D eigenvalue weighted by Gasteiger charge is -1.99. The number of anilines is 1. The van der Waals surface area contributed by atoms with Gasteiger partial charge >= 0.3 is 0 Å². The van der Waals surface area contributed by atoms with Gasteiger partial charge in [-0.2, -0.15) is 0 Å². The van der Waals surface area contributed by atoms with E-state index in [4.69, 9.17) is 5.73 Å². The van der Waals surface area contributed by atoms with Gasteiger partial charge in [0.05, 0.1) is 6.33 Å². The molecule has 0 aliphatic heterocycles. The van der Waals surface area contributed by atoms with E-state index in [-0.39, 0.29) is 12.0 Å². The fourth-order valence-corrected chi connectivity index (χ4v) is 1.78. The first kappa shape index (κ1) is 8.34. The van der Waals surface area contributed by atoms with Crippen LogP contribution in [0, 0.1) is 5.92 Å². The second kappa shape index (κ2) is 2.75. The number of fused-ring (bicyclic) bond motifs is 1. The molecule has 0 bridgehead atoms. The van der Waals surface area contributed by atoms with Crippen molar-refractivity contribution in [3.8, 4) is 0 Å². The summed E-state index contributed by atoms with van der Waals surface area (Å²) in [6.45, 7) is 0. The van der Waals surface area contributed by atoms with Gasteiger partial charge in [-0.25, -0.2) is 15.0 Å². The smallest absolute Gasteiger partial charge is 0.165 e. The number of nitrogens with two attached hydrogens (primary N) is 1. The van der Waals surface area contributed by atoms with Crippen LogP contribution in [0.2, 0.25) is 0 Å². The average molecular weight is 203 g/mol. The van der Waals surface area contributed by atoms with Crippen LogP contribution < -0.4 is 5.73 Å². The van der Waals surface area contributed by atoms with Gasteiger partial charge in [-0.1, -0.05) is 0 Å². The summed E-state index contributed by atoms with van der Waals surface area (Å²) in [5.74, 6) is 0.473. The van der Waals surface area contributed by atoms with Crippen LogP contribution in [0.5, 0.6) is 0 Å². The SMILES string of the molecule is Nc1ncnc2c1ncn2[C@H]1C[C@H]1C=O. The van der Waals surface area contributed by atoms with Gasteiger partial charge in [0.25, 0.3) is 0 Å². The van der Waals surface area contributed by atoms with Gasteiger partial charge in [-0.15, -0.1) is 0 Å². The van der Waals surface area contributed by atoms with E-state index in [1.165, 1.54) is 6.33 Å². The molecular formula is C9H9N5O. The van der Waals surface area contributed by atoms with E-state index in [1.54, 1.807) is 6.33 Å². The molecule has 1 aliphatic rings. The first-order chi connectivity index (χ1) is 7.31. The highest BCUT2D eigenvalue weighted by Crippen LogP contribution is 2.42. The third kappa shape index (κ3) is 1.11. The normalized spacial score (nSPS) is 24.3. The van der Waals surface area contributed by atoms with Gasteiger partial charge in [0, 0.05) is 12.0 Å². The maximum Gasteiger partial charge on any atom is 0.165 e. The summed E-state index contributed by atoms with van der Waals surface area (Å²) in [6, 6.07) is 0.196. The van der Waals surface area contributed by atoms with Gasteiger partial charge in [0.1, 0.15) is 18.1 Å². The minimum atomic E-state index is 0.0959. The molecule has 1 fully saturated rings. The van der Waals surface area contributed by atoms with Crippen molar-refractivity contribution in [1.82, 2.24) is 19.5 Å². The van der Waals surface area contributed by atoms with Gasteiger partial charge < -0.3 is 15.1 Å². The zero-order valence-electron chi connectivity index (χ0n) is 7.87. The number of hydrogen-bond acceptors (Lipinski definition) is 5. The molecule has 2 atom stereocenters. The van der Waals surface area contributed by atoms with Crippen molar-refractivity contribution in [3.63, 3.8) is 0 Å². The highest BCUT2D eigenvalue weighted by molar-refractivity contribution is 5.81. The van der Waals surface area contributed by atoms with Crippen molar-refractivity contribution >= 4 is 23.3 Å². The van der Waals surface area contributed by atoms with Gasteiger partial charge in [-0.05, 0) is 6.42 Å². The van der Waals surface area contributed by atoms with E-state index in [1.807, 2.05) is 4.57 Å². The van der Waals surface area contributed by atoms with Crippen LogP contribution in [0.4, 0.5) is 5.82 Å². The molecule has 15 heavy (non-hydrogen) atoms. The molecule has 0 amide bonds. The number of carbonyl (C=O) groups excluding carboxylic acids is 1. The molecule has 0 aromatic carbocycles. The van der Waals surface area contributed by atoms with Gasteiger partial charge in [0.2, 0.25) is 0 Å². The fourth-order valence-electron chi connectivity index (χ4n) is 1.78. The summed E-state index contributed by atoms with van der Waals surface area (Å²) in [4.78, 5) is 22.7. The first-order valence-corrected chi connectivity index (χ1v) is 4.69. The molecule has 0 radical (unpaired) electrons. The molecule has 0 spiro atoms. The zero-order chi connectivity index (χ0) is 10.4. The highest BCUT2D eigenvalue weighted by atomic mass is 16.1. The Morgan fingerprint density at radius 3 is 3.07 bits per heavy atom. The summed E-state index contributed by atoms with van der Waals surface area (Å²) >= 11 is 0. The molecule has 2 aromatic rings. The molecule has 2 N–H and O–H groups in total. The van der Waals surface area contributed by atoms with Crippen LogP contribution in [-0.2, 0) is 4.79 Å². The highest BCUT2D eigenvalue weighted by Gasteiger charge is 2.39. The third-order valence-corrected chi connectivity index (χ3v) is 2.72. The van der Waals surface area contributed by atoms with Crippen molar-refractivity contribution in [2.75, 3.05) is 5.73 Å². The van der Waals surface area contributed by atoms with Crippen LogP contribution >= 0.6 is 0 Å². The molecule has 6 heteroatoms. The lowest BCUT2D eigenvalue weighted by molar-refractivity contribution is -0.109. The third-order valence-electron chi connectivity index (χ3n) is 2.72. The summed E-state index contributed by atoms with van der Waals surface area (Å²) < 4.78 is 1.90. The number of carbonyl (C=O) groups is 1. The first-order valence-electron chi connectivity index (χ1n) is 4.69. The van der Waals surface area contributed by atoms with Crippen LogP contribution in [0.25, 0.3) is 11.2 Å². The Bertz CT molecular complexity index is 534. The number of hydrogen-bond donors (Lipinski definition) is 1. The number of rotatable bonds is 2. The minimum absolute atomic E-state index is 0.0959. The van der Waals surface area contributed by atoms with Crippen molar-refractivity contribution in [2.45, 2.75) is 12.5 Å². The fraction of sp³-hybridized carbons (Fsp3) is 0.333. The van der Waals surface area contributed by atoms with Crippen molar-refractivity contribution in [2.24, 2.45) is 5.92 Å². The van der Waals surface area contributed by atoms with E-state index in [9.17, 15) is 4.79 Å². The topological polar surface area (TPSA) is 86.7 Å². The van der Waals surface area contributed by atoms with Crippen molar-refractivity contribution < 1.29 is 4.79 Å². The number of aldehydes is 1. The second-order valence-corrected chi connectivity index (χ2v) is 3.69. The van der Waals surface area contributed by atoms with E-state index in [0.29, 0.717) is 17.0 Å². The Hall–Kier alpha value is -1.98. The Labute approximate surface area is 85.1 Å². The standard InChI is InChI=1S/C9H9N5O/c10-8-7-9(12-3-11-8)14(4-13-7)6-1-5(6)2-15/h2-6H,1H2,(H2,10,11,12)/t5-,6-/m0/s1. The summed E-state index contributed by atoms with van der Waals surface area (Å²) in [5.41, 5.74) is 6.97. The Kier molecular flexibility index (Phi) is 1.53. The number of aromatic nitrogens is 4. The maximum atomic E-state index is 10.6. The van der Waals surface area contributed by atoms with Crippen molar-refractivity contribution in [1.29, 1.82) is 0 Å². The quantitative estimate of drug-likeness (QED) is 0.703. The maximum absolute atomic E-state index is 10.6. The molecule has 2 heterocycles. The second-order valence-electron chi connectivity index (χ2n) is 3.69. The molecule has 3 rings (SSSR count). The number of imidazole rings is 1. The molecule has 6 nitrogen and oxygen atoms in total. The summed E-state index contributed by atoms with van der Waals surface area (Å²) in [7, 11) is 0. The van der Waals surface area contributed by atoms with E-state index in [0.717, 1.165) is 12.7 Å². The van der Waals surface area contributed by atoms with E-state index >= 15 is 0 Å². The molecule has 0 saturated heterocycles. The Balaban J connectivity index is 2.13. The monoisotopic (exact) mass is 203 g/mol. The molecule has 1 aliphatic carbocycles. The molecular weight excluding hydrogens is 194 g/mol. The van der Waals surface area contributed by atoms with Gasteiger partial charge in [-0.3, -0.25) is 0 Å².